The molecule has 2 aromatic rings. The SMILES string of the molecule is COc1cccc(Cl)c1-c1noc(C)c1C. The number of benzene rings is 1. The van der Waals surface area contributed by atoms with Crippen molar-refractivity contribution < 1.29 is 9.26 Å². The first kappa shape index (κ1) is 11.0. The fourth-order valence-corrected chi connectivity index (χ4v) is 1.81. The van der Waals surface area contributed by atoms with Crippen molar-refractivity contribution in [3.8, 4) is 17.0 Å². The van der Waals surface area contributed by atoms with Crippen LogP contribution in [-0.2, 0) is 0 Å². The largest absolute Gasteiger partial charge is 0.496 e. The third kappa shape index (κ3) is 1.67. The van der Waals surface area contributed by atoms with Gasteiger partial charge in [-0.3, -0.25) is 0 Å². The summed E-state index contributed by atoms with van der Waals surface area (Å²) in [5, 5.41) is 4.62. The van der Waals surface area contributed by atoms with Gasteiger partial charge in [0.2, 0.25) is 0 Å². The van der Waals surface area contributed by atoms with Gasteiger partial charge in [0.15, 0.2) is 0 Å². The van der Waals surface area contributed by atoms with Gasteiger partial charge in [-0.05, 0) is 26.0 Å². The van der Waals surface area contributed by atoms with E-state index in [1.54, 1.807) is 7.11 Å². The minimum Gasteiger partial charge on any atom is -0.496 e. The minimum absolute atomic E-state index is 0.607. The Morgan fingerprint density at radius 3 is 2.62 bits per heavy atom. The summed E-state index contributed by atoms with van der Waals surface area (Å²) in [6.07, 6.45) is 0. The molecule has 0 saturated heterocycles. The highest BCUT2D eigenvalue weighted by Gasteiger charge is 2.17. The van der Waals surface area contributed by atoms with Gasteiger partial charge in [0, 0.05) is 5.56 Å². The maximum Gasteiger partial charge on any atom is 0.137 e. The average molecular weight is 238 g/mol. The highest BCUT2D eigenvalue weighted by molar-refractivity contribution is 6.33. The lowest BCUT2D eigenvalue weighted by Gasteiger charge is -2.08. The third-order valence-corrected chi connectivity index (χ3v) is 2.90. The minimum atomic E-state index is 0.607. The average Bonchev–Trinajstić information content (AvgIpc) is 2.60. The summed E-state index contributed by atoms with van der Waals surface area (Å²) in [6, 6.07) is 5.50. The molecule has 0 bridgehead atoms. The van der Waals surface area contributed by atoms with Gasteiger partial charge < -0.3 is 9.26 Å². The Kier molecular flexibility index (Phi) is 2.88. The molecule has 0 saturated carbocycles. The molecule has 1 aromatic heterocycles. The molecule has 0 radical (unpaired) electrons. The summed E-state index contributed by atoms with van der Waals surface area (Å²) >= 11 is 6.16. The third-order valence-electron chi connectivity index (χ3n) is 2.59. The van der Waals surface area contributed by atoms with Crippen LogP contribution in [0.2, 0.25) is 5.02 Å². The molecule has 1 heterocycles. The van der Waals surface area contributed by atoms with E-state index < -0.39 is 0 Å². The van der Waals surface area contributed by atoms with Crippen LogP contribution in [0.1, 0.15) is 11.3 Å². The summed E-state index contributed by atoms with van der Waals surface area (Å²) in [5.41, 5.74) is 2.49. The maximum atomic E-state index is 6.16. The second kappa shape index (κ2) is 4.18. The van der Waals surface area contributed by atoms with Gasteiger partial charge in [-0.1, -0.05) is 22.8 Å². The number of methoxy groups -OCH3 is 1. The van der Waals surface area contributed by atoms with Gasteiger partial charge in [-0.15, -0.1) is 0 Å². The molecule has 0 aliphatic rings. The second-order valence-corrected chi connectivity index (χ2v) is 3.94. The molecule has 84 valence electrons. The van der Waals surface area contributed by atoms with Crippen LogP contribution in [0.15, 0.2) is 22.7 Å². The molecule has 4 heteroatoms. The molecule has 1 aromatic carbocycles. The van der Waals surface area contributed by atoms with Crippen LogP contribution >= 0.6 is 11.6 Å². The Hall–Kier alpha value is -1.48. The number of nitrogens with zero attached hydrogens (tertiary/aromatic N) is 1. The molecule has 3 nitrogen and oxygen atoms in total. The Balaban J connectivity index is 2.68. The normalized spacial score (nSPS) is 10.5. The van der Waals surface area contributed by atoms with E-state index in [1.807, 2.05) is 32.0 Å². The molecule has 0 aliphatic heterocycles. The van der Waals surface area contributed by atoms with Crippen molar-refractivity contribution in [2.24, 2.45) is 0 Å². The van der Waals surface area contributed by atoms with Crippen molar-refractivity contribution in [2.45, 2.75) is 13.8 Å². The van der Waals surface area contributed by atoms with E-state index in [0.29, 0.717) is 10.8 Å². The molecule has 2 rings (SSSR count). The van der Waals surface area contributed by atoms with E-state index in [2.05, 4.69) is 5.16 Å². The van der Waals surface area contributed by atoms with Crippen LogP contribution in [0, 0.1) is 13.8 Å². The molecule has 0 spiro atoms. The zero-order valence-electron chi connectivity index (χ0n) is 9.37. The molecular weight excluding hydrogens is 226 g/mol. The smallest absolute Gasteiger partial charge is 0.137 e. The molecule has 0 amide bonds. The number of aromatic nitrogens is 1. The molecule has 0 unspecified atom stereocenters. The van der Waals surface area contributed by atoms with Crippen molar-refractivity contribution >= 4 is 11.6 Å². The predicted octanol–water partition coefficient (Wildman–Crippen LogP) is 3.62. The number of hydrogen-bond acceptors (Lipinski definition) is 3. The number of hydrogen-bond donors (Lipinski definition) is 0. The Labute approximate surface area is 99.0 Å². The van der Waals surface area contributed by atoms with E-state index >= 15 is 0 Å². The molecule has 16 heavy (non-hydrogen) atoms. The molecule has 0 aliphatic carbocycles. The van der Waals surface area contributed by atoms with Gasteiger partial charge in [-0.2, -0.15) is 0 Å². The van der Waals surface area contributed by atoms with Crippen LogP contribution in [0.25, 0.3) is 11.3 Å². The highest BCUT2D eigenvalue weighted by atomic mass is 35.5. The lowest BCUT2D eigenvalue weighted by atomic mass is 10.1. The number of ether oxygens (including phenoxy) is 1. The van der Waals surface area contributed by atoms with Crippen LogP contribution in [0.4, 0.5) is 0 Å². The van der Waals surface area contributed by atoms with E-state index in [0.717, 1.165) is 22.6 Å². The topological polar surface area (TPSA) is 35.3 Å². The summed E-state index contributed by atoms with van der Waals surface area (Å²) in [6.45, 7) is 3.82. The Bertz CT molecular complexity index is 520. The van der Waals surface area contributed by atoms with Crippen molar-refractivity contribution in [1.82, 2.24) is 5.16 Å². The van der Waals surface area contributed by atoms with Crippen LogP contribution in [0.5, 0.6) is 5.75 Å². The highest BCUT2D eigenvalue weighted by Crippen LogP contribution is 2.37. The summed E-state index contributed by atoms with van der Waals surface area (Å²) < 4.78 is 10.4. The zero-order chi connectivity index (χ0) is 11.7. The van der Waals surface area contributed by atoms with Crippen LogP contribution in [0.3, 0.4) is 0 Å². The summed E-state index contributed by atoms with van der Waals surface area (Å²) in [7, 11) is 1.61. The van der Waals surface area contributed by atoms with Gasteiger partial charge in [-0.25, -0.2) is 0 Å². The zero-order valence-corrected chi connectivity index (χ0v) is 10.1. The maximum absolute atomic E-state index is 6.16. The Morgan fingerprint density at radius 1 is 1.31 bits per heavy atom. The van der Waals surface area contributed by atoms with Crippen LogP contribution < -0.4 is 4.74 Å². The first-order valence-corrected chi connectivity index (χ1v) is 5.28. The molecule has 0 atom stereocenters. The first-order chi connectivity index (χ1) is 7.65. The van der Waals surface area contributed by atoms with Crippen molar-refractivity contribution in [3.63, 3.8) is 0 Å². The van der Waals surface area contributed by atoms with E-state index in [1.165, 1.54) is 0 Å². The fourth-order valence-electron chi connectivity index (χ4n) is 1.56. The number of halogens is 1. The lowest BCUT2D eigenvalue weighted by Crippen LogP contribution is -1.90. The lowest BCUT2D eigenvalue weighted by molar-refractivity contribution is 0.396. The fraction of sp³-hybridized carbons (Fsp3) is 0.250. The molecular formula is C12H12ClNO2. The summed E-state index contributed by atoms with van der Waals surface area (Å²) in [4.78, 5) is 0. The van der Waals surface area contributed by atoms with Gasteiger partial charge >= 0.3 is 0 Å². The second-order valence-electron chi connectivity index (χ2n) is 3.53. The quantitative estimate of drug-likeness (QED) is 0.800. The predicted molar refractivity (Wildman–Crippen MR) is 63.0 cm³/mol. The van der Waals surface area contributed by atoms with E-state index in [4.69, 9.17) is 20.9 Å². The standard InChI is InChI=1S/C12H12ClNO2/c1-7-8(2)16-14-12(7)11-9(13)5-4-6-10(11)15-3/h4-6H,1-3H3. The van der Waals surface area contributed by atoms with Crippen molar-refractivity contribution in [3.05, 3.63) is 34.5 Å². The van der Waals surface area contributed by atoms with E-state index in [9.17, 15) is 0 Å². The van der Waals surface area contributed by atoms with Gasteiger partial charge in [0.05, 0.1) is 17.7 Å². The number of rotatable bonds is 2. The van der Waals surface area contributed by atoms with Crippen molar-refractivity contribution in [2.75, 3.05) is 7.11 Å². The van der Waals surface area contributed by atoms with E-state index in [-0.39, 0.29) is 0 Å². The van der Waals surface area contributed by atoms with Crippen LogP contribution in [-0.4, -0.2) is 12.3 Å². The first-order valence-electron chi connectivity index (χ1n) is 4.91. The molecule has 0 N–H and O–H groups in total. The van der Waals surface area contributed by atoms with Gasteiger partial charge in [0.25, 0.3) is 0 Å². The molecule has 0 fully saturated rings. The van der Waals surface area contributed by atoms with Gasteiger partial charge in [0.1, 0.15) is 17.2 Å². The number of aryl methyl sites for hydroxylation is 1. The monoisotopic (exact) mass is 237 g/mol. The Morgan fingerprint density at radius 2 is 2.06 bits per heavy atom. The summed E-state index contributed by atoms with van der Waals surface area (Å²) in [5.74, 6) is 1.49. The van der Waals surface area contributed by atoms with Crippen molar-refractivity contribution in [1.29, 1.82) is 0 Å².